The minimum atomic E-state index is -0.745. The first-order chi connectivity index (χ1) is 15.1. The molecule has 4 aromatic heterocycles. The van der Waals surface area contributed by atoms with Crippen LogP contribution in [0.4, 0.5) is 10.2 Å². The number of nitrogens with zero attached hydrogens (tertiary/aromatic N) is 4. The third kappa shape index (κ3) is 2.87. The summed E-state index contributed by atoms with van der Waals surface area (Å²) in [5.74, 6) is -0.0813. The summed E-state index contributed by atoms with van der Waals surface area (Å²) in [5, 5.41) is 18.6. The van der Waals surface area contributed by atoms with Crippen LogP contribution in [0.2, 0.25) is 0 Å². The van der Waals surface area contributed by atoms with Crippen LogP contribution < -0.4 is 5.32 Å². The maximum atomic E-state index is 13.8. The fourth-order valence-corrected chi connectivity index (χ4v) is 5.49. The van der Waals surface area contributed by atoms with Crippen molar-refractivity contribution in [3.8, 4) is 11.4 Å². The maximum Gasteiger partial charge on any atom is 0.308 e. The van der Waals surface area contributed by atoms with Crippen molar-refractivity contribution in [2.24, 2.45) is 17.8 Å². The molecule has 0 aliphatic heterocycles. The largest absolute Gasteiger partial charge is 0.481 e. The number of fused-ring (bicyclic) bond motifs is 5. The molecule has 31 heavy (non-hydrogen) atoms. The molecule has 0 saturated heterocycles. The van der Waals surface area contributed by atoms with Gasteiger partial charge in [0.05, 0.1) is 12.1 Å². The van der Waals surface area contributed by atoms with E-state index in [1.807, 2.05) is 18.3 Å². The zero-order chi connectivity index (χ0) is 21.1. The van der Waals surface area contributed by atoms with Gasteiger partial charge in [-0.05, 0) is 55.7 Å². The van der Waals surface area contributed by atoms with Crippen molar-refractivity contribution in [1.29, 1.82) is 0 Å². The molecule has 0 aromatic carbocycles. The van der Waals surface area contributed by atoms with E-state index in [2.05, 4.69) is 20.4 Å². The van der Waals surface area contributed by atoms with Crippen LogP contribution in [0.3, 0.4) is 0 Å². The van der Waals surface area contributed by atoms with Gasteiger partial charge in [-0.15, -0.1) is 5.10 Å². The third-order valence-electron chi connectivity index (χ3n) is 6.94. The Morgan fingerprint density at radius 2 is 2.06 bits per heavy atom. The number of carbonyl (C=O) groups is 1. The predicted molar refractivity (Wildman–Crippen MR) is 112 cm³/mol. The van der Waals surface area contributed by atoms with Gasteiger partial charge in [-0.25, -0.2) is 18.9 Å². The summed E-state index contributed by atoms with van der Waals surface area (Å²) in [6.07, 6.45) is 8.72. The molecule has 3 fully saturated rings. The Morgan fingerprint density at radius 1 is 1.26 bits per heavy atom. The third-order valence-corrected chi connectivity index (χ3v) is 6.94. The molecule has 158 valence electrons. The van der Waals surface area contributed by atoms with Gasteiger partial charge in [0.1, 0.15) is 17.0 Å². The summed E-state index contributed by atoms with van der Waals surface area (Å²) >= 11 is 0. The molecule has 8 nitrogen and oxygen atoms in total. The number of halogens is 1. The molecule has 0 amide bonds. The van der Waals surface area contributed by atoms with Gasteiger partial charge in [-0.1, -0.05) is 0 Å². The van der Waals surface area contributed by atoms with Gasteiger partial charge < -0.3 is 15.4 Å². The van der Waals surface area contributed by atoms with Gasteiger partial charge >= 0.3 is 5.97 Å². The molecule has 7 rings (SSSR count). The number of H-pyrrole nitrogens is 1. The number of carboxylic acid groups (broad SMARTS) is 1. The lowest BCUT2D eigenvalue weighted by atomic mass is 9.61. The van der Waals surface area contributed by atoms with Crippen LogP contribution in [0.1, 0.15) is 25.7 Å². The van der Waals surface area contributed by atoms with Gasteiger partial charge in [-0.2, -0.15) is 0 Å². The van der Waals surface area contributed by atoms with Crippen molar-refractivity contribution in [2.75, 3.05) is 5.32 Å². The van der Waals surface area contributed by atoms with Crippen molar-refractivity contribution in [2.45, 2.75) is 31.7 Å². The van der Waals surface area contributed by atoms with E-state index in [0.717, 1.165) is 37.4 Å². The molecule has 0 unspecified atom stereocenters. The summed E-state index contributed by atoms with van der Waals surface area (Å²) in [4.78, 5) is 23.9. The first kappa shape index (κ1) is 18.3. The lowest BCUT2D eigenvalue weighted by Crippen LogP contribution is -2.51. The molecule has 0 radical (unpaired) electrons. The van der Waals surface area contributed by atoms with Gasteiger partial charge in [0, 0.05) is 29.4 Å². The second-order valence-electron chi connectivity index (χ2n) is 8.58. The number of aromatic nitrogens is 5. The average Bonchev–Trinajstić information content (AvgIpc) is 3.41. The van der Waals surface area contributed by atoms with Gasteiger partial charge in [-0.3, -0.25) is 4.79 Å². The molecule has 2 bridgehead atoms. The maximum absolute atomic E-state index is 13.8. The molecule has 4 aromatic rings. The number of aliphatic carboxylic acids is 1. The molecule has 2 atom stereocenters. The Bertz CT molecular complexity index is 1310. The summed E-state index contributed by atoms with van der Waals surface area (Å²) in [6, 6.07) is 5.01. The highest BCUT2D eigenvalue weighted by molar-refractivity contribution is 5.92. The standard InChI is InChI=1S/C22H21FN6O2/c23-13-8-14-15(10-25-19(14)24-9-13)20-27-21(16-2-1-7-29(16)28-20)26-18-12-5-3-11(4-6-12)17(18)22(30)31/h1-2,7-12,17-18H,3-6H2,(H,24,25)(H,30,31)(H,26,27,28)/t11?,12?,17-,18-/m0/s1. The van der Waals surface area contributed by atoms with Crippen LogP contribution in [0.5, 0.6) is 0 Å². The zero-order valence-electron chi connectivity index (χ0n) is 16.6. The number of hydrogen-bond acceptors (Lipinski definition) is 5. The van der Waals surface area contributed by atoms with E-state index in [0.29, 0.717) is 34.2 Å². The molecule has 3 N–H and O–H groups in total. The monoisotopic (exact) mass is 420 g/mol. The second-order valence-corrected chi connectivity index (χ2v) is 8.58. The normalized spacial score (nSPS) is 25.3. The fourth-order valence-electron chi connectivity index (χ4n) is 5.49. The first-order valence-electron chi connectivity index (χ1n) is 10.6. The van der Waals surface area contributed by atoms with Crippen LogP contribution in [0.25, 0.3) is 27.9 Å². The summed E-state index contributed by atoms with van der Waals surface area (Å²) in [5.41, 5.74) is 1.97. The lowest BCUT2D eigenvalue weighted by molar-refractivity contribution is -0.148. The van der Waals surface area contributed by atoms with Crippen molar-refractivity contribution in [3.05, 3.63) is 42.6 Å². The smallest absolute Gasteiger partial charge is 0.308 e. The molecule has 4 heterocycles. The fraction of sp³-hybridized carbons (Fsp3) is 0.364. The number of carboxylic acids is 1. The van der Waals surface area contributed by atoms with Crippen molar-refractivity contribution in [3.63, 3.8) is 0 Å². The van der Waals surface area contributed by atoms with Crippen LogP contribution >= 0.6 is 0 Å². The van der Waals surface area contributed by atoms with Crippen molar-refractivity contribution in [1.82, 2.24) is 24.6 Å². The highest BCUT2D eigenvalue weighted by Gasteiger charge is 2.47. The SMILES string of the molecule is O=C(O)[C@H]1C2CCC(CC2)[C@@H]1Nc1nc(-c2c[nH]c3ncc(F)cc23)nn2cccc12. The Kier molecular flexibility index (Phi) is 3.99. The second kappa shape index (κ2) is 6.76. The highest BCUT2D eigenvalue weighted by Crippen LogP contribution is 2.46. The van der Waals surface area contributed by atoms with E-state index in [4.69, 9.17) is 4.98 Å². The van der Waals surface area contributed by atoms with Gasteiger partial charge in [0.15, 0.2) is 11.6 Å². The van der Waals surface area contributed by atoms with Gasteiger partial charge in [0.2, 0.25) is 0 Å². The molecular formula is C22H21FN6O2. The average molecular weight is 420 g/mol. The van der Waals surface area contributed by atoms with E-state index in [1.165, 1.54) is 6.07 Å². The lowest BCUT2D eigenvalue weighted by Gasteiger charge is -2.47. The van der Waals surface area contributed by atoms with Gasteiger partial charge in [0.25, 0.3) is 0 Å². The van der Waals surface area contributed by atoms with Crippen molar-refractivity contribution < 1.29 is 14.3 Å². The molecule has 3 saturated carbocycles. The molecule has 3 aliphatic carbocycles. The van der Waals surface area contributed by atoms with Crippen molar-refractivity contribution >= 4 is 28.3 Å². The Hall–Kier alpha value is -3.49. The summed E-state index contributed by atoms with van der Waals surface area (Å²) < 4.78 is 15.5. The van der Waals surface area contributed by atoms with E-state index < -0.39 is 17.7 Å². The number of hydrogen-bond donors (Lipinski definition) is 3. The summed E-state index contributed by atoms with van der Waals surface area (Å²) in [7, 11) is 0. The summed E-state index contributed by atoms with van der Waals surface area (Å²) in [6.45, 7) is 0. The molecule has 9 heteroatoms. The minimum Gasteiger partial charge on any atom is -0.481 e. The first-order valence-corrected chi connectivity index (χ1v) is 10.6. The number of aromatic amines is 1. The highest BCUT2D eigenvalue weighted by atomic mass is 19.1. The Balaban J connectivity index is 1.46. The Morgan fingerprint density at radius 3 is 2.87 bits per heavy atom. The van der Waals surface area contributed by atoms with E-state index in [9.17, 15) is 14.3 Å². The van der Waals surface area contributed by atoms with Crippen LogP contribution in [-0.2, 0) is 4.79 Å². The zero-order valence-corrected chi connectivity index (χ0v) is 16.6. The number of anilines is 1. The quantitative estimate of drug-likeness (QED) is 0.464. The van der Waals surface area contributed by atoms with Crippen LogP contribution in [-0.4, -0.2) is 41.7 Å². The molecule has 0 spiro atoms. The van der Waals surface area contributed by atoms with Crippen LogP contribution in [0, 0.1) is 23.6 Å². The number of nitrogens with one attached hydrogen (secondary N) is 2. The number of rotatable bonds is 4. The van der Waals surface area contributed by atoms with Crippen LogP contribution in [0.15, 0.2) is 36.8 Å². The van der Waals surface area contributed by atoms with E-state index in [1.54, 1.807) is 10.7 Å². The molecule has 3 aliphatic rings. The number of pyridine rings is 1. The topological polar surface area (TPSA) is 108 Å². The van der Waals surface area contributed by atoms with E-state index in [-0.39, 0.29) is 12.0 Å². The molecular weight excluding hydrogens is 399 g/mol. The minimum absolute atomic E-state index is 0.173. The Labute approximate surface area is 176 Å². The predicted octanol–water partition coefficient (Wildman–Crippen LogP) is 3.71. The van der Waals surface area contributed by atoms with E-state index >= 15 is 0 Å².